The van der Waals surface area contributed by atoms with Gasteiger partial charge in [-0.2, -0.15) is 0 Å². The lowest BCUT2D eigenvalue weighted by molar-refractivity contribution is 0.349. The molecule has 0 unspecified atom stereocenters. The van der Waals surface area contributed by atoms with Crippen LogP contribution >= 0.6 is 15.9 Å². The van der Waals surface area contributed by atoms with Crippen LogP contribution in [-0.4, -0.2) is 4.98 Å². The van der Waals surface area contributed by atoms with Gasteiger partial charge in [-0.1, -0.05) is 20.8 Å². The summed E-state index contributed by atoms with van der Waals surface area (Å²) in [4.78, 5) is 4.09. The molecule has 0 amide bonds. The van der Waals surface area contributed by atoms with Gasteiger partial charge in [-0.05, 0) is 21.3 Å². The normalized spacial score (nSPS) is 12.0. The topological polar surface area (TPSA) is 26.0 Å². The molecule has 0 saturated heterocycles. The zero-order valence-electron chi connectivity index (χ0n) is 7.02. The average Bonchev–Trinajstić information content (AvgIpc) is 2.10. The molecule has 0 spiro atoms. The molecule has 0 aromatic carbocycles. The van der Waals surface area contributed by atoms with E-state index in [1.165, 1.54) is 0 Å². The van der Waals surface area contributed by atoms with Crippen molar-refractivity contribution in [2.45, 2.75) is 27.2 Å². The van der Waals surface area contributed by atoms with Crippen LogP contribution < -0.4 is 0 Å². The van der Waals surface area contributed by atoms with Crippen molar-refractivity contribution in [3.8, 4) is 0 Å². The third kappa shape index (κ3) is 3.06. The van der Waals surface area contributed by atoms with Crippen molar-refractivity contribution in [1.29, 1.82) is 0 Å². The number of nitrogens with zero attached hydrogens (tertiary/aromatic N) is 1. The number of aromatic nitrogens is 1. The minimum atomic E-state index is 0.240. The van der Waals surface area contributed by atoms with Crippen LogP contribution in [0.25, 0.3) is 0 Å². The number of rotatable bonds is 1. The minimum Gasteiger partial charge on any atom is -0.434 e. The molecule has 0 saturated carbocycles. The summed E-state index contributed by atoms with van der Waals surface area (Å²) in [7, 11) is 0. The van der Waals surface area contributed by atoms with Crippen molar-refractivity contribution in [2.75, 3.05) is 0 Å². The SMILES string of the molecule is CC(C)(C)Cc1ncc(Br)o1. The first-order valence-corrected chi connectivity index (χ1v) is 4.37. The molecule has 0 aliphatic rings. The van der Waals surface area contributed by atoms with Gasteiger partial charge < -0.3 is 4.42 Å². The number of hydrogen-bond acceptors (Lipinski definition) is 2. The molecule has 3 heteroatoms. The maximum Gasteiger partial charge on any atom is 0.196 e. The van der Waals surface area contributed by atoms with Crippen LogP contribution in [0.5, 0.6) is 0 Å². The Morgan fingerprint density at radius 3 is 2.55 bits per heavy atom. The van der Waals surface area contributed by atoms with E-state index in [9.17, 15) is 0 Å². The molecule has 0 aliphatic carbocycles. The molecular formula is C8H12BrNO. The lowest BCUT2D eigenvalue weighted by Gasteiger charge is -2.14. The summed E-state index contributed by atoms with van der Waals surface area (Å²) < 4.78 is 5.97. The van der Waals surface area contributed by atoms with Gasteiger partial charge in [-0.15, -0.1) is 0 Å². The maximum absolute atomic E-state index is 5.27. The van der Waals surface area contributed by atoms with Crippen LogP contribution in [0.3, 0.4) is 0 Å². The molecule has 1 aromatic heterocycles. The molecule has 0 radical (unpaired) electrons. The standard InChI is InChI=1S/C8H12BrNO/c1-8(2,3)4-7-10-5-6(9)11-7/h5H,4H2,1-3H3. The van der Waals surface area contributed by atoms with Crippen molar-refractivity contribution in [1.82, 2.24) is 4.98 Å². The second kappa shape index (κ2) is 2.97. The number of oxazole rings is 1. The first-order valence-electron chi connectivity index (χ1n) is 3.57. The Hall–Kier alpha value is -0.310. The van der Waals surface area contributed by atoms with Gasteiger partial charge in [0.1, 0.15) is 0 Å². The van der Waals surface area contributed by atoms with Crippen LogP contribution in [0.2, 0.25) is 0 Å². The van der Waals surface area contributed by atoms with Crippen LogP contribution in [0.4, 0.5) is 0 Å². The number of hydrogen-bond donors (Lipinski definition) is 0. The van der Waals surface area contributed by atoms with E-state index in [1.807, 2.05) is 0 Å². The molecule has 0 bridgehead atoms. The summed E-state index contributed by atoms with van der Waals surface area (Å²) >= 11 is 3.21. The third-order valence-corrected chi connectivity index (χ3v) is 1.57. The van der Waals surface area contributed by atoms with E-state index in [1.54, 1.807) is 6.20 Å². The molecule has 0 fully saturated rings. The highest BCUT2D eigenvalue weighted by Gasteiger charge is 2.14. The van der Waals surface area contributed by atoms with Gasteiger partial charge in [0.2, 0.25) is 0 Å². The Kier molecular flexibility index (Phi) is 2.37. The van der Waals surface area contributed by atoms with E-state index in [-0.39, 0.29) is 5.41 Å². The fourth-order valence-electron chi connectivity index (χ4n) is 0.823. The first kappa shape index (κ1) is 8.78. The summed E-state index contributed by atoms with van der Waals surface area (Å²) in [6.45, 7) is 6.47. The van der Waals surface area contributed by atoms with Gasteiger partial charge in [0.15, 0.2) is 10.6 Å². The van der Waals surface area contributed by atoms with Crippen molar-refractivity contribution >= 4 is 15.9 Å². The lowest BCUT2D eigenvalue weighted by Crippen LogP contribution is -2.09. The Morgan fingerprint density at radius 2 is 2.18 bits per heavy atom. The van der Waals surface area contributed by atoms with E-state index in [0.717, 1.165) is 12.3 Å². The van der Waals surface area contributed by atoms with Crippen molar-refractivity contribution in [2.24, 2.45) is 5.41 Å². The lowest BCUT2D eigenvalue weighted by atomic mass is 9.92. The smallest absolute Gasteiger partial charge is 0.196 e. The van der Waals surface area contributed by atoms with Gasteiger partial charge in [0, 0.05) is 6.42 Å². The highest BCUT2D eigenvalue weighted by atomic mass is 79.9. The molecule has 11 heavy (non-hydrogen) atoms. The fourth-order valence-corrected chi connectivity index (χ4v) is 1.11. The molecule has 0 aliphatic heterocycles. The van der Waals surface area contributed by atoms with E-state index in [4.69, 9.17) is 4.42 Å². The quantitative estimate of drug-likeness (QED) is 0.724. The predicted molar refractivity (Wildman–Crippen MR) is 47.4 cm³/mol. The Balaban J connectivity index is 2.65. The molecule has 0 atom stereocenters. The summed E-state index contributed by atoms with van der Waals surface area (Å²) in [6.07, 6.45) is 2.56. The molecule has 0 N–H and O–H groups in total. The molecule has 62 valence electrons. The van der Waals surface area contributed by atoms with Crippen molar-refractivity contribution < 1.29 is 4.42 Å². The molecule has 1 rings (SSSR count). The average molecular weight is 218 g/mol. The van der Waals surface area contributed by atoms with Gasteiger partial charge in [-0.25, -0.2) is 4.98 Å². The van der Waals surface area contributed by atoms with E-state index < -0.39 is 0 Å². The highest BCUT2D eigenvalue weighted by molar-refractivity contribution is 9.10. The summed E-state index contributed by atoms with van der Waals surface area (Å²) in [5.41, 5.74) is 0.240. The zero-order chi connectivity index (χ0) is 8.48. The molecule has 1 aromatic rings. The summed E-state index contributed by atoms with van der Waals surface area (Å²) in [5, 5.41) is 0. The fraction of sp³-hybridized carbons (Fsp3) is 0.625. The van der Waals surface area contributed by atoms with E-state index >= 15 is 0 Å². The maximum atomic E-state index is 5.27. The van der Waals surface area contributed by atoms with E-state index in [0.29, 0.717) is 4.67 Å². The van der Waals surface area contributed by atoms with Gasteiger partial charge >= 0.3 is 0 Å². The Bertz CT molecular complexity index is 236. The monoisotopic (exact) mass is 217 g/mol. The summed E-state index contributed by atoms with van der Waals surface area (Å²) in [5.74, 6) is 0.796. The molecular weight excluding hydrogens is 206 g/mol. The minimum absolute atomic E-state index is 0.240. The second-order valence-corrected chi connectivity index (χ2v) is 4.58. The van der Waals surface area contributed by atoms with Gasteiger partial charge in [-0.3, -0.25) is 0 Å². The molecule has 2 nitrogen and oxygen atoms in total. The van der Waals surface area contributed by atoms with Gasteiger partial charge in [0.05, 0.1) is 6.20 Å². The largest absolute Gasteiger partial charge is 0.434 e. The van der Waals surface area contributed by atoms with Crippen molar-refractivity contribution in [3.05, 3.63) is 16.8 Å². The van der Waals surface area contributed by atoms with Crippen LogP contribution in [0.15, 0.2) is 15.3 Å². The van der Waals surface area contributed by atoms with Crippen molar-refractivity contribution in [3.63, 3.8) is 0 Å². The van der Waals surface area contributed by atoms with Crippen LogP contribution in [0.1, 0.15) is 26.7 Å². The molecule has 1 heterocycles. The number of halogens is 1. The summed E-state index contributed by atoms with van der Waals surface area (Å²) in [6, 6.07) is 0. The predicted octanol–water partition coefficient (Wildman–Crippen LogP) is 3.03. The zero-order valence-corrected chi connectivity index (χ0v) is 8.60. The third-order valence-electron chi connectivity index (χ3n) is 1.21. The van der Waals surface area contributed by atoms with Crippen LogP contribution in [0, 0.1) is 5.41 Å². The van der Waals surface area contributed by atoms with E-state index in [2.05, 4.69) is 41.7 Å². The second-order valence-electron chi connectivity index (χ2n) is 3.80. The Morgan fingerprint density at radius 1 is 1.55 bits per heavy atom. The Labute approximate surface area is 75.1 Å². The highest BCUT2D eigenvalue weighted by Crippen LogP contribution is 2.21. The van der Waals surface area contributed by atoms with Crippen LogP contribution in [-0.2, 0) is 6.42 Å². The first-order chi connectivity index (χ1) is 4.97. The van der Waals surface area contributed by atoms with Gasteiger partial charge in [0.25, 0.3) is 0 Å².